The minimum atomic E-state index is -3.33. The van der Waals surface area contributed by atoms with E-state index in [0.717, 1.165) is 11.1 Å². The SMILES string of the molecule is CC(C)c1cccc(C(C)C)c1O.[Cl][Ta]([Cl])([Cl])[Cl]. The average molecular weight is 501 g/mol. The number of phenolic OH excluding ortho intramolecular Hbond substituents is 1. The molecule has 0 spiro atoms. The van der Waals surface area contributed by atoms with E-state index >= 15 is 0 Å². The molecule has 105 valence electrons. The number of para-hydroxylation sites is 1. The third-order valence-electron chi connectivity index (χ3n) is 2.34. The number of phenols is 1. The maximum absolute atomic E-state index is 9.93. The van der Waals surface area contributed by atoms with E-state index in [1.165, 1.54) is 0 Å². The molecule has 0 atom stereocenters. The van der Waals surface area contributed by atoms with Gasteiger partial charge in [0.05, 0.1) is 0 Å². The molecule has 6 heteroatoms. The van der Waals surface area contributed by atoms with Crippen LogP contribution in [0.15, 0.2) is 18.2 Å². The molecule has 0 saturated heterocycles. The fraction of sp³-hybridized carbons (Fsp3) is 0.500. The van der Waals surface area contributed by atoms with E-state index in [9.17, 15) is 5.11 Å². The Labute approximate surface area is 128 Å². The van der Waals surface area contributed by atoms with E-state index in [0.29, 0.717) is 17.6 Å². The second kappa shape index (κ2) is 8.26. The van der Waals surface area contributed by atoms with Crippen molar-refractivity contribution in [1.29, 1.82) is 0 Å². The third kappa shape index (κ3) is 8.16. The van der Waals surface area contributed by atoms with Gasteiger partial charge in [0.25, 0.3) is 0 Å². The number of hydrogen-bond acceptors (Lipinski definition) is 1. The van der Waals surface area contributed by atoms with Crippen molar-refractivity contribution in [2.45, 2.75) is 39.5 Å². The molecule has 0 aliphatic carbocycles. The predicted octanol–water partition coefficient (Wildman–Crippen LogP) is 6.39. The van der Waals surface area contributed by atoms with Crippen LogP contribution in [0.2, 0.25) is 0 Å². The molecule has 0 heterocycles. The first kappa shape index (κ1) is 18.9. The number of hydrogen-bond donors (Lipinski definition) is 1. The van der Waals surface area contributed by atoms with Gasteiger partial charge in [0, 0.05) is 0 Å². The Morgan fingerprint density at radius 2 is 1.17 bits per heavy atom. The molecular weight excluding hydrogens is 483 g/mol. The Bertz CT molecular complexity index is 343. The zero-order valence-corrected chi connectivity index (χ0v) is 17.0. The summed E-state index contributed by atoms with van der Waals surface area (Å²) in [7, 11) is 20.2. The molecule has 1 N–H and O–H groups in total. The number of aromatic hydroxyl groups is 1. The van der Waals surface area contributed by atoms with E-state index < -0.39 is 12.8 Å². The maximum atomic E-state index is 9.93. The second-order valence-electron chi connectivity index (χ2n) is 4.48. The van der Waals surface area contributed by atoms with Gasteiger partial charge in [-0.2, -0.15) is 0 Å². The topological polar surface area (TPSA) is 20.2 Å². The van der Waals surface area contributed by atoms with Crippen molar-refractivity contribution in [1.82, 2.24) is 0 Å². The van der Waals surface area contributed by atoms with Gasteiger partial charge in [-0.1, -0.05) is 45.9 Å². The summed E-state index contributed by atoms with van der Waals surface area (Å²) < 4.78 is 0. The first-order valence-electron chi connectivity index (χ1n) is 5.53. The van der Waals surface area contributed by atoms with Gasteiger partial charge in [0.1, 0.15) is 5.75 Å². The molecule has 0 aromatic heterocycles. The van der Waals surface area contributed by atoms with Gasteiger partial charge in [0.15, 0.2) is 0 Å². The molecule has 1 aromatic rings. The van der Waals surface area contributed by atoms with Crippen LogP contribution in [-0.2, 0) is 12.8 Å². The quantitative estimate of drug-likeness (QED) is 0.498. The Kier molecular flexibility index (Phi) is 8.68. The summed E-state index contributed by atoms with van der Waals surface area (Å²) in [6.07, 6.45) is 0. The van der Waals surface area contributed by atoms with Crippen LogP contribution in [0, 0.1) is 0 Å². The van der Waals surface area contributed by atoms with Crippen molar-refractivity contribution in [2.75, 3.05) is 0 Å². The number of benzene rings is 1. The summed E-state index contributed by atoms with van der Waals surface area (Å²) >= 11 is -3.33. The summed E-state index contributed by atoms with van der Waals surface area (Å²) in [5.41, 5.74) is 2.09. The van der Waals surface area contributed by atoms with Crippen molar-refractivity contribution in [2.24, 2.45) is 0 Å². The van der Waals surface area contributed by atoms with Gasteiger partial charge in [-0.15, -0.1) is 0 Å². The van der Waals surface area contributed by atoms with E-state index in [1.807, 2.05) is 18.2 Å². The van der Waals surface area contributed by atoms with Gasteiger partial charge in [-0.25, -0.2) is 0 Å². The van der Waals surface area contributed by atoms with Crippen molar-refractivity contribution in [3.05, 3.63) is 29.3 Å². The standard InChI is InChI=1S/C12H18O.4ClH.Ta/c1-8(2)10-6-5-7-11(9(3)4)12(10)13;;;;;/h5-9,13H,1-4H3;4*1H;/q;;;;;+4/p-4. The van der Waals surface area contributed by atoms with Crippen LogP contribution in [0.4, 0.5) is 0 Å². The summed E-state index contributed by atoms with van der Waals surface area (Å²) in [6, 6.07) is 6.00. The van der Waals surface area contributed by atoms with Gasteiger partial charge in [0.2, 0.25) is 0 Å². The van der Waals surface area contributed by atoms with Crippen LogP contribution in [-0.4, -0.2) is 5.11 Å². The second-order valence-corrected chi connectivity index (χ2v) is 32.3. The molecule has 0 bridgehead atoms. The molecule has 1 rings (SSSR count). The summed E-state index contributed by atoms with van der Waals surface area (Å²) in [4.78, 5) is 0. The zero-order valence-electron chi connectivity index (χ0n) is 10.8. The summed E-state index contributed by atoms with van der Waals surface area (Å²) in [5, 5.41) is 9.93. The Hall–Kier alpha value is 0.920. The van der Waals surface area contributed by atoms with Gasteiger partial charge in [-0.3, -0.25) is 0 Å². The fourth-order valence-corrected chi connectivity index (χ4v) is 1.51. The van der Waals surface area contributed by atoms with Crippen molar-refractivity contribution in [3.8, 4) is 5.75 Å². The summed E-state index contributed by atoms with van der Waals surface area (Å²) in [6.45, 7) is 8.39. The zero-order chi connectivity index (χ0) is 14.5. The van der Waals surface area contributed by atoms with Crippen LogP contribution in [0.3, 0.4) is 0 Å². The van der Waals surface area contributed by atoms with Crippen molar-refractivity contribution < 1.29 is 17.9 Å². The van der Waals surface area contributed by atoms with E-state index in [-0.39, 0.29) is 0 Å². The molecule has 1 aromatic carbocycles. The average Bonchev–Trinajstić information content (AvgIpc) is 2.14. The molecule has 0 aliphatic rings. The molecule has 0 fully saturated rings. The minimum absolute atomic E-state index is 0.388. The monoisotopic (exact) mass is 499 g/mol. The van der Waals surface area contributed by atoms with Crippen LogP contribution < -0.4 is 0 Å². The molecule has 1 nitrogen and oxygen atoms in total. The molecule has 0 aliphatic heterocycles. The van der Waals surface area contributed by atoms with Crippen LogP contribution in [0.1, 0.15) is 50.7 Å². The van der Waals surface area contributed by atoms with Crippen molar-refractivity contribution in [3.63, 3.8) is 0 Å². The van der Waals surface area contributed by atoms with Crippen LogP contribution >= 0.6 is 36.8 Å². The normalized spacial score (nSPS) is 11.4. The number of rotatable bonds is 2. The van der Waals surface area contributed by atoms with Crippen molar-refractivity contribution >= 4 is 36.8 Å². The summed E-state index contributed by atoms with van der Waals surface area (Å²) in [5.74, 6) is 1.25. The third-order valence-corrected chi connectivity index (χ3v) is 2.34. The molecule has 0 unspecified atom stereocenters. The van der Waals surface area contributed by atoms with Crippen LogP contribution in [0.25, 0.3) is 0 Å². The van der Waals surface area contributed by atoms with Gasteiger partial charge in [-0.05, 0) is 23.0 Å². The molecule has 18 heavy (non-hydrogen) atoms. The number of halogens is 4. The first-order chi connectivity index (χ1) is 8.04. The fourth-order valence-electron chi connectivity index (χ4n) is 1.51. The predicted molar refractivity (Wildman–Crippen MR) is 79.7 cm³/mol. The molecule has 0 amide bonds. The first-order valence-corrected chi connectivity index (χ1v) is 21.5. The molecule has 0 saturated carbocycles. The van der Waals surface area contributed by atoms with E-state index in [4.69, 9.17) is 36.8 Å². The molecular formula is C12H18Cl4OTa. The van der Waals surface area contributed by atoms with E-state index in [2.05, 4.69) is 27.7 Å². The van der Waals surface area contributed by atoms with Crippen LogP contribution in [0.5, 0.6) is 5.75 Å². The van der Waals surface area contributed by atoms with Gasteiger partial charge >= 0.3 is 49.6 Å². The Morgan fingerprint density at radius 3 is 1.39 bits per heavy atom. The molecule has 0 radical (unpaired) electrons. The van der Waals surface area contributed by atoms with E-state index in [1.54, 1.807) is 0 Å². The van der Waals surface area contributed by atoms with Gasteiger partial charge < -0.3 is 5.11 Å². The Balaban J connectivity index is 0.000000494. The Morgan fingerprint density at radius 1 is 0.889 bits per heavy atom.